The van der Waals surface area contributed by atoms with Crippen LogP contribution >= 0.6 is 23.5 Å². The third kappa shape index (κ3) is 2.35. The van der Waals surface area contributed by atoms with E-state index < -0.39 is 0 Å². The van der Waals surface area contributed by atoms with Crippen molar-refractivity contribution in [3.8, 4) is 0 Å². The van der Waals surface area contributed by atoms with Gasteiger partial charge in [-0.05, 0) is 12.5 Å². The van der Waals surface area contributed by atoms with Crippen molar-refractivity contribution in [1.29, 1.82) is 0 Å². The molecule has 0 atom stereocenters. The van der Waals surface area contributed by atoms with Crippen LogP contribution in [0.15, 0.2) is 10.3 Å². The van der Waals surface area contributed by atoms with Crippen LogP contribution in [-0.2, 0) is 6.42 Å². The smallest absolute Gasteiger partial charge is 0.191 e. The van der Waals surface area contributed by atoms with Crippen molar-refractivity contribution in [2.24, 2.45) is 0 Å². The summed E-state index contributed by atoms with van der Waals surface area (Å²) in [6, 6.07) is 0. The van der Waals surface area contributed by atoms with Gasteiger partial charge in [-0.1, -0.05) is 30.4 Å². The van der Waals surface area contributed by atoms with Gasteiger partial charge >= 0.3 is 0 Å². The highest BCUT2D eigenvalue weighted by atomic mass is 32.2. The average molecular weight is 201 g/mol. The fourth-order valence-electron chi connectivity index (χ4n) is 0.718. The van der Waals surface area contributed by atoms with Crippen LogP contribution in [0.4, 0.5) is 0 Å². The van der Waals surface area contributed by atoms with Crippen LogP contribution in [0.1, 0.15) is 12.7 Å². The molecule has 0 aliphatic rings. The van der Waals surface area contributed by atoms with Crippen molar-refractivity contribution in [1.82, 2.24) is 15.0 Å². The third-order valence-corrected chi connectivity index (χ3v) is 2.42. The third-order valence-electron chi connectivity index (χ3n) is 1.32. The van der Waals surface area contributed by atoms with E-state index >= 15 is 0 Å². The van der Waals surface area contributed by atoms with Crippen molar-refractivity contribution < 1.29 is 0 Å². The van der Waals surface area contributed by atoms with Gasteiger partial charge in [0.05, 0.1) is 0 Å². The van der Waals surface area contributed by atoms with Gasteiger partial charge in [-0.2, -0.15) is 4.98 Å². The van der Waals surface area contributed by atoms with E-state index in [1.165, 1.54) is 0 Å². The van der Waals surface area contributed by atoms with Crippen LogP contribution in [0.25, 0.3) is 0 Å². The summed E-state index contributed by atoms with van der Waals surface area (Å²) in [7, 11) is 0. The number of nitrogens with zero attached hydrogens (tertiary/aromatic N) is 3. The molecule has 0 radical (unpaired) electrons. The maximum absolute atomic E-state index is 4.25. The lowest BCUT2D eigenvalue weighted by molar-refractivity contribution is 0.740. The number of aryl methyl sites for hydroxylation is 1. The van der Waals surface area contributed by atoms with E-state index in [4.69, 9.17) is 0 Å². The SMILES string of the molecule is CCc1nc(SC)nc(SC)n1. The van der Waals surface area contributed by atoms with Crippen LogP contribution < -0.4 is 0 Å². The van der Waals surface area contributed by atoms with Crippen molar-refractivity contribution >= 4 is 23.5 Å². The Kier molecular flexibility index (Phi) is 3.81. The van der Waals surface area contributed by atoms with E-state index in [1.54, 1.807) is 23.5 Å². The molecule has 0 bridgehead atoms. The summed E-state index contributed by atoms with van der Waals surface area (Å²) < 4.78 is 0. The molecular weight excluding hydrogens is 190 g/mol. The molecule has 0 unspecified atom stereocenters. The number of hydrogen-bond donors (Lipinski definition) is 0. The van der Waals surface area contributed by atoms with Gasteiger partial charge in [-0.25, -0.2) is 9.97 Å². The molecule has 1 heterocycles. The molecule has 0 fully saturated rings. The predicted molar refractivity (Wildman–Crippen MR) is 52.8 cm³/mol. The number of aromatic nitrogens is 3. The Balaban J connectivity index is 3.01. The minimum Gasteiger partial charge on any atom is -0.207 e. The first-order valence-corrected chi connectivity index (χ1v) is 6.08. The predicted octanol–water partition coefficient (Wildman–Crippen LogP) is 1.88. The minimum absolute atomic E-state index is 0.811. The molecule has 0 amide bonds. The van der Waals surface area contributed by atoms with Crippen molar-refractivity contribution in [3.63, 3.8) is 0 Å². The first kappa shape index (κ1) is 9.80. The van der Waals surface area contributed by atoms with E-state index in [1.807, 2.05) is 19.4 Å². The van der Waals surface area contributed by atoms with Crippen LogP contribution in [0, 0.1) is 0 Å². The van der Waals surface area contributed by atoms with Crippen molar-refractivity contribution in [2.75, 3.05) is 12.5 Å². The van der Waals surface area contributed by atoms with E-state index in [-0.39, 0.29) is 0 Å². The minimum atomic E-state index is 0.811. The molecule has 66 valence electrons. The largest absolute Gasteiger partial charge is 0.207 e. The average Bonchev–Trinajstić information content (AvgIpc) is 2.16. The second-order valence-electron chi connectivity index (χ2n) is 2.08. The second kappa shape index (κ2) is 4.67. The maximum atomic E-state index is 4.25. The first-order chi connectivity index (χ1) is 5.80. The zero-order chi connectivity index (χ0) is 8.97. The molecule has 1 aromatic heterocycles. The molecule has 0 aromatic carbocycles. The molecule has 0 N–H and O–H groups in total. The molecular formula is C7H11N3S2. The molecule has 1 aromatic rings. The van der Waals surface area contributed by atoms with E-state index in [2.05, 4.69) is 15.0 Å². The zero-order valence-corrected chi connectivity index (χ0v) is 9.00. The quantitative estimate of drug-likeness (QED) is 0.698. The lowest BCUT2D eigenvalue weighted by atomic mass is 10.5. The molecule has 0 saturated heterocycles. The van der Waals surface area contributed by atoms with Crippen LogP contribution in [0.5, 0.6) is 0 Å². The van der Waals surface area contributed by atoms with Crippen molar-refractivity contribution in [2.45, 2.75) is 23.7 Å². The van der Waals surface area contributed by atoms with E-state index in [9.17, 15) is 0 Å². The Labute approximate surface area is 80.8 Å². The molecule has 1 rings (SSSR count). The Hall–Kier alpha value is -0.290. The Morgan fingerprint density at radius 3 is 1.83 bits per heavy atom. The van der Waals surface area contributed by atoms with Gasteiger partial charge in [-0.15, -0.1) is 0 Å². The lowest BCUT2D eigenvalue weighted by Crippen LogP contribution is -1.99. The Morgan fingerprint density at radius 2 is 1.50 bits per heavy atom. The Morgan fingerprint density at radius 1 is 1.00 bits per heavy atom. The molecule has 5 heteroatoms. The van der Waals surface area contributed by atoms with E-state index in [0.29, 0.717) is 0 Å². The normalized spacial score (nSPS) is 10.2. The van der Waals surface area contributed by atoms with Crippen LogP contribution in [0.3, 0.4) is 0 Å². The molecule has 0 aliphatic carbocycles. The summed E-state index contributed by atoms with van der Waals surface area (Å²) in [5.41, 5.74) is 0. The Bertz CT molecular complexity index is 210. The molecule has 3 nitrogen and oxygen atoms in total. The second-order valence-corrected chi connectivity index (χ2v) is 3.63. The number of hydrogen-bond acceptors (Lipinski definition) is 5. The fourth-order valence-corrected chi connectivity index (χ4v) is 1.52. The molecule has 0 saturated carbocycles. The summed E-state index contributed by atoms with van der Waals surface area (Å²) in [5, 5.41) is 1.62. The first-order valence-electron chi connectivity index (χ1n) is 3.63. The zero-order valence-electron chi connectivity index (χ0n) is 7.37. The van der Waals surface area contributed by atoms with Gasteiger partial charge in [0.1, 0.15) is 5.82 Å². The summed E-state index contributed by atoms with van der Waals surface area (Å²) >= 11 is 3.10. The molecule has 0 aliphatic heterocycles. The fraction of sp³-hybridized carbons (Fsp3) is 0.571. The standard InChI is InChI=1S/C7H11N3S2/c1-4-5-8-6(11-2)10-7(9-5)12-3/h4H2,1-3H3. The number of rotatable bonds is 3. The van der Waals surface area contributed by atoms with Gasteiger partial charge in [0, 0.05) is 6.42 Å². The maximum Gasteiger partial charge on any atom is 0.191 e. The molecule has 12 heavy (non-hydrogen) atoms. The number of thioether (sulfide) groups is 2. The van der Waals surface area contributed by atoms with Gasteiger partial charge in [-0.3, -0.25) is 0 Å². The van der Waals surface area contributed by atoms with E-state index in [0.717, 1.165) is 22.6 Å². The van der Waals surface area contributed by atoms with Crippen LogP contribution in [0.2, 0.25) is 0 Å². The monoisotopic (exact) mass is 201 g/mol. The lowest BCUT2D eigenvalue weighted by Gasteiger charge is -2.00. The van der Waals surface area contributed by atoms with Crippen molar-refractivity contribution in [3.05, 3.63) is 5.82 Å². The summed E-state index contributed by atoms with van der Waals surface area (Å²) in [6.45, 7) is 2.05. The van der Waals surface area contributed by atoms with Gasteiger partial charge in [0.2, 0.25) is 0 Å². The highest BCUT2D eigenvalue weighted by molar-refractivity contribution is 7.99. The summed E-state index contributed by atoms with van der Waals surface area (Å²) in [5.74, 6) is 0.874. The van der Waals surface area contributed by atoms with Gasteiger partial charge in [0.15, 0.2) is 10.3 Å². The summed E-state index contributed by atoms with van der Waals surface area (Å²) in [6.07, 6.45) is 4.81. The molecule has 0 spiro atoms. The highest BCUT2D eigenvalue weighted by Gasteiger charge is 2.02. The summed E-state index contributed by atoms with van der Waals surface area (Å²) in [4.78, 5) is 12.7. The van der Waals surface area contributed by atoms with Gasteiger partial charge < -0.3 is 0 Å². The highest BCUT2D eigenvalue weighted by Crippen LogP contribution is 2.14. The van der Waals surface area contributed by atoms with Crippen LogP contribution in [-0.4, -0.2) is 27.5 Å². The topological polar surface area (TPSA) is 38.7 Å². The van der Waals surface area contributed by atoms with Gasteiger partial charge in [0.25, 0.3) is 0 Å².